The maximum absolute atomic E-state index is 13.7. The van der Waals surface area contributed by atoms with Crippen molar-refractivity contribution in [2.75, 3.05) is 18.8 Å². The molecule has 116 valence electrons. The summed E-state index contributed by atoms with van der Waals surface area (Å²) >= 11 is 0. The average Bonchev–Trinajstić information content (AvgIpc) is 2.97. The third-order valence-electron chi connectivity index (χ3n) is 4.72. The molecule has 1 aromatic carbocycles. The molecule has 1 aliphatic carbocycles. The van der Waals surface area contributed by atoms with E-state index in [-0.39, 0.29) is 28.0 Å². The highest BCUT2D eigenvalue weighted by Gasteiger charge is 2.46. The summed E-state index contributed by atoms with van der Waals surface area (Å²) in [6.07, 6.45) is 1.13. The Morgan fingerprint density at radius 3 is 2.71 bits per heavy atom. The van der Waals surface area contributed by atoms with Crippen molar-refractivity contribution in [3.63, 3.8) is 0 Å². The van der Waals surface area contributed by atoms with Crippen LogP contribution >= 0.6 is 0 Å². The van der Waals surface area contributed by atoms with Gasteiger partial charge in [-0.3, -0.25) is 0 Å². The highest BCUT2D eigenvalue weighted by atomic mass is 32.2. The fourth-order valence-electron chi connectivity index (χ4n) is 3.47. The van der Waals surface area contributed by atoms with Gasteiger partial charge in [-0.15, -0.1) is 0 Å². The first-order valence-electron chi connectivity index (χ1n) is 7.04. The second-order valence-electron chi connectivity index (χ2n) is 6.02. The third kappa shape index (κ3) is 2.33. The molecule has 2 aliphatic rings. The minimum atomic E-state index is -3.78. The van der Waals surface area contributed by atoms with Gasteiger partial charge in [-0.1, -0.05) is 0 Å². The van der Waals surface area contributed by atoms with E-state index in [1.54, 1.807) is 0 Å². The molecule has 1 saturated carbocycles. The Morgan fingerprint density at radius 1 is 1.33 bits per heavy atom. The number of sulfonamides is 1. The molecule has 3 unspecified atom stereocenters. The molecule has 1 saturated heterocycles. The lowest BCUT2D eigenvalue weighted by Gasteiger charge is -2.20. The summed E-state index contributed by atoms with van der Waals surface area (Å²) in [7, 11) is -3.78. The molecular weight excluding hydrogens is 295 g/mol. The molecule has 0 aromatic heterocycles. The van der Waals surface area contributed by atoms with Gasteiger partial charge in [-0.05, 0) is 37.8 Å². The minimum Gasteiger partial charge on any atom is -0.399 e. The van der Waals surface area contributed by atoms with Crippen LogP contribution < -0.4 is 5.73 Å². The van der Waals surface area contributed by atoms with Gasteiger partial charge in [0.05, 0.1) is 11.0 Å². The van der Waals surface area contributed by atoms with E-state index >= 15 is 0 Å². The van der Waals surface area contributed by atoms with E-state index < -0.39 is 21.9 Å². The molecule has 3 atom stereocenters. The van der Waals surface area contributed by atoms with Crippen molar-refractivity contribution in [3.05, 3.63) is 23.5 Å². The molecule has 0 spiro atoms. The van der Waals surface area contributed by atoms with Crippen LogP contribution in [0.15, 0.2) is 17.0 Å². The lowest BCUT2D eigenvalue weighted by molar-refractivity contribution is 0.129. The van der Waals surface area contributed by atoms with E-state index in [0.717, 1.165) is 18.9 Å². The van der Waals surface area contributed by atoms with Gasteiger partial charge in [0.2, 0.25) is 10.0 Å². The number of fused-ring (bicyclic) bond motifs is 1. The van der Waals surface area contributed by atoms with Crippen LogP contribution in [0.25, 0.3) is 0 Å². The number of nitrogens with two attached hydrogens (primary N) is 1. The molecule has 7 heteroatoms. The maximum Gasteiger partial charge on any atom is 0.243 e. The maximum atomic E-state index is 13.7. The molecular formula is C14H19FN2O3S. The molecule has 3 rings (SSSR count). The Labute approximate surface area is 123 Å². The fraction of sp³-hybridized carbons (Fsp3) is 0.571. The Morgan fingerprint density at radius 2 is 2.05 bits per heavy atom. The Hall–Kier alpha value is -1.18. The van der Waals surface area contributed by atoms with Crippen LogP contribution in [0, 0.1) is 24.6 Å². The van der Waals surface area contributed by atoms with Crippen LogP contribution in [0.4, 0.5) is 10.1 Å². The first kappa shape index (κ1) is 14.7. The Bertz CT molecular complexity index is 677. The predicted molar refractivity (Wildman–Crippen MR) is 76.5 cm³/mol. The van der Waals surface area contributed by atoms with Gasteiger partial charge in [-0.2, -0.15) is 4.31 Å². The normalized spacial score (nSPS) is 29.8. The van der Waals surface area contributed by atoms with Gasteiger partial charge in [0.15, 0.2) is 0 Å². The topological polar surface area (TPSA) is 83.6 Å². The van der Waals surface area contributed by atoms with E-state index in [1.165, 1.54) is 17.3 Å². The summed E-state index contributed by atoms with van der Waals surface area (Å²) in [5.41, 5.74) is 5.75. The first-order chi connectivity index (χ1) is 9.80. The van der Waals surface area contributed by atoms with Crippen molar-refractivity contribution in [1.29, 1.82) is 0 Å². The summed E-state index contributed by atoms with van der Waals surface area (Å²) in [5, 5.41) is 9.89. The zero-order chi connectivity index (χ0) is 15.4. The SMILES string of the molecule is Cc1c(F)cc(N)cc1S(=O)(=O)N1CC2CCC(O)C2C1. The largest absolute Gasteiger partial charge is 0.399 e. The summed E-state index contributed by atoms with van der Waals surface area (Å²) in [6.45, 7) is 2.12. The van der Waals surface area contributed by atoms with Gasteiger partial charge < -0.3 is 10.8 Å². The van der Waals surface area contributed by atoms with Gasteiger partial charge in [0.25, 0.3) is 0 Å². The molecule has 3 N–H and O–H groups in total. The lowest BCUT2D eigenvalue weighted by atomic mass is 10.00. The first-order valence-corrected chi connectivity index (χ1v) is 8.48. The number of nitrogens with zero attached hydrogens (tertiary/aromatic N) is 1. The van der Waals surface area contributed by atoms with Crippen molar-refractivity contribution in [1.82, 2.24) is 4.31 Å². The third-order valence-corrected chi connectivity index (χ3v) is 6.68. The number of rotatable bonds is 2. The number of aliphatic hydroxyl groups is 1. The average molecular weight is 314 g/mol. The van der Waals surface area contributed by atoms with E-state index in [9.17, 15) is 17.9 Å². The van der Waals surface area contributed by atoms with E-state index in [4.69, 9.17) is 5.73 Å². The molecule has 21 heavy (non-hydrogen) atoms. The van der Waals surface area contributed by atoms with Crippen LogP contribution in [0.5, 0.6) is 0 Å². The number of benzene rings is 1. The van der Waals surface area contributed by atoms with Crippen molar-refractivity contribution in [2.24, 2.45) is 11.8 Å². The summed E-state index contributed by atoms with van der Waals surface area (Å²) in [4.78, 5) is -0.0746. The number of hydrogen-bond donors (Lipinski definition) is 2. The number of anilines is 1. The highest BCUT2D eigenvalue weighted by Crippen LogP contribution is 2.40. The smallest absolute Gasteiger partial charge is 0.243 e. The predicted octanol–water partition coefficient (Wildman–Crippen LogP) is 1.11. The quantitative estimate of drug-likeness (QED) is 0.801. The number of aliphatic hydroxyl groups excluding tert-OH is 1. The molecule has 1 aromatic rings. The highest BCUT2D eigenvalue weighted by molar-refractivity contribution is 7.89. The molecule has 1 heterocycles. The summed E-state index contributed by atoms with van der Waals surface area (Å²) in [6, 6.07) is 2.43. The van der Waals surface area contributed by atoms with Crippen LogP contribution in [-0.4, -0.2) is 37.0 Å². The van der Waals surface area contributed by atoms with Crippen molar-refractivity contribution in [3.8, 4) is 0 Å². The number of hydrogen-bond acceptors (Lipinski definition) is 4. The number of nitrogen functional groups attached to an aromatic ring is 1. The van der Waals surface area contributed by atoms with Crippen molar-refractivity contribution in [2.45, 2.75) is 30.8 Å². The molecule has 2 fully saturated rings. The molecule has 0 bridgehead atoms. The van der Waals surface area contributed by atoms with E-state index in [0.29, 0.717) is 13.1 Å². The van der Waals surface area contributed by atoms with Gasteiger partial charge >= 0.3 is 0 Å². The number of halogens is 1. The van der Waals surface area contributed by atoms with Crippen molar-refractivity contribution >= 4 is 15.7 Å². The Balaban J connectivity index is 1.96. The summed E-state index contributed by atoms with van der Waals surface area (Å²) < 4.78 is 40.5. The standard InChI is InChI=1S/C14H19FN2O3S/c1-8-12(15)4-10(16)5-14(8)21(19,20)17-6-9-2-3-13(18)11(9)7-17/h4-5,9,11,13,18H,2-3,6-7,16H2,1H3. The second kappa shape index (κ2) is 4.93. The lowest BCUT2D eigenvalue weighted by Crippen LogP contribution is -2.31. The van der Waals surface area contributed by atoms with Crippen LogP contribution in [0.1, 0.15) is 18.4 Å². The zero-order valence-electron chi connectivity index (χ0n) is 11.8. The molecule has 0 amide bonds. The van der Waals surface area contributed by atoms with Crippen LogP contribution in [-0.2, 0) is 10.0 Å². The molecule has 0 radical (unpaired) electrons. The molecule has 1 aliphatic heterocycles. The van der Waals surface area contributed by atoms with Gasteiger partial charge in [0.1, 0.15) is 5.82 Å². The molecule has 5 nitrogen and oxygen atoms in total. The second-order valence-corrected chi connectivity index (χ2v) is 7.92. The van der Waals surface area contributed by atoms with Gasteiger partial charge in [0, 0.05) is 30.3 Å². The minimum absolute atomic E-state index is 0.00835. The van der Waals surface area contributed by atoms with Gasteiger partial charge in [-0.25, -0.2) is 12.8 Å². The fourth-order valence-corrected chi connectivity index (χ4v) is 5.28. The van der Waals surface area contributed by atoms with E-state index in [2.05, 4.69) is 0 Å². The van der Waals surface area contributed by atoms with E-state index in [1.807, 2.05) is 0 Å². The zero-order valence-corrected chi connectivity index (χ0v) is 12.6. The van der Waals surface area contributed by atoms with Crippen LogP contribution in [0.3, 0.4) is 0 Å². The Kier molecular flexibility index (Phi) is 3.46. The monoisotopic (exact) mass is 314 g/mol. The van der Waals surface area contributed by atoms with Crippen molar-refractivity contribution < 1.29 is 17.9 Å². The van der Waals surface area contributed by atoms with Crippen LogP contribution in [0.2, 0.25) is 0 Å². The summed E-state index contributed by atoms with van der Waals surface area (Å²) in [5.74, 6) is -0.431.